The maximum Gasteiger partial charge on any atom is 0.151 e. The van der Waals surface area contributed by atoms with Gasteiger partial charge in [-0.3, -0.25) is 4.79 Å². The van der Waals surface area contributed by atoms with Crippen molar-refractivity contribution in [2.45, 2.75) is 0 Å². The molecule has 0 heterocycles. The van der Waals surface area contributed by atoms with Crippen molar-refractivity contribution < 1.29 is 9.53 Å². The molecule has 0 saturated heterocycles. The minimum atomic E-state index is 0.611. The van der Waals surface area contributed by atoms with E-state index in [0.717, 1.165) is 33.9 Å². The molecule has 0 unspecified atom stereocenters. The van der Waals surface area contributed by atoms with Crippen LogP contribution in [0.1, 0.15) is 21.5 Å². The van der Waals surface area contributed by atoms with Crippen LogP contribution in [0, 0.1) is 11.8 Å². The lowest BCUT2D eigenvalue weighted by atomic mass is 9.99. The number of aldehydes is 1. The SMILES string of the molecule is COc1ccc(C#Cc2c(C=O)ccc3ccccc23)cc1. The molecule has 3 aromatic carbocycles. The van der Waals surface area contributed by atoms with Gasteiger partial charge in [0.1, 0.15) is 5.75 Å². The molecule has 0 radical (unpaired) electrons. The quantitative estimate of drug-likeness (QED) is 0.524. The Balaban J connectivity index is 2.09. The van der Waals surface area contributed by atoms with Crippen molar-refractivity contribution in [2.24, 2.45) is 0 Å². The highest BCUT2D eigenvalue weighted by Gasteiger charge is 2.04. The van der Waals surface area contributed by atoms with Gasteiger partial charge in [-0.1, -0.05) is 42.2 Å². The highest BCUT2D eigenvalue weighted by molar-refractivity contribution is 5.95. The number of hydrogen-bond acceptors (Lipinski definition) is 2. The first-order valence-corrected chi connectivity index (χ1v) is 6.95. The van der Waals surface area contributed by atoms with Crippen molar-refractivity contribution in [3.05, 3.63) is 77.4 Å². The summed E-state index contributed by atoms with van der Waals surface area (Å²) in [5.41, 5.74) is 2.26. The summed E-state index contributed by atoms with van der Waals surface area (Å²) in [5, 5.41) is 2.07. The average Bonchev–Trinajstić information content (AvgIpc) is 2.60. The lowest BCUT2D eigenvalue weighted by Crippen LogP contribution is -1.89. The molecule has 0 aromatic heterocycles. The number of ether oxygens (including phenoxy) is 1. The third-order valence-corrected chi connectivity index (χ3v) is 3.51. The Hall–Kier alpha value is -3.05. The smallest absolute Gasteiger partial charge is 0.151 e. The summed E-state index contributed by atoms with van der Waals surface area (Å²) >= 11 is 0. The van der Waals surface area contributed by atoms with E-state index in [1.54, 1.807) is 7.11 Å². The van der Waals surface area contributed by atoms with E-state index in [-0.39, 0.29) is 0 Å². The van der Waals surface area contributed by atoms with Gasteiger partial charge in [-0.15, -0.1) is 0 Å². The molecular weight excluding hydrogens is 272 g/mol. The summed E-state index contributed by atoms with van der Waals surface area (Å²) in [7, 11) is 1.63. The van der Waals surface area contributed by atoms with Crippen molar-refractivity contribution in [2.75, 3.05) is 7.11 Å². The topological polar surface area (TPSA) is 26.3 Å². The van der Waals surface area contributed by atoms with E-state index < -0.39 is 0 Å². The monoisotopic (exact) mass is 286 g/mol. The number of rotatable bonds is 2. The summed E-state index contributed by atoms with van der Waals surface area (Å²) in [6.07, 6.45) is 0.852. The van der Waals surface area contributed by atoms with Gasteiger partial charge in [0.25, 0.3) is 0 Å². The van der Waals surface area contributed by atoms with Gasteiger partial charge in [-0.05, 0) is 41.1 Å². The van der Waals surface area contributed by atoms with Crippen molar-refractivity contribution in [1.82, 2.24) is 0 Å². The minimum absolute atomic E-state index is 0.611. The van der Waals surface area contributed by atoms with Crippen LogP contribution in [0.5, 0.6) is 5.75 Å². The molecule has 0 fully saturated rings. The zero-order valence-corrected chi connectivity index (χ0v) is 12.2. The second kappa shape index (κ2) is 6.15. The van der Waals surface area contributed by atoms with Crippen LogP contribution in [0.25, 0.3) is 10.8 Å². The largest absolute Gasteiger partial charge is 0.497 e. The van der Waals surface area contributed by atoms with Crippen molar-refractivity contribution in [3.8, 4) is 17.6 Å². The number of benzene rings is 3. The van der Waals surface area contributed by atoms with E-state index >= 15 is 0 Å². The van der Waals surface area contributed by atoms with Gasteiger partial charge in [0.2, 0.25) is 0 Å². The molecule has 0 atom stereocenters. The Kier molecular flexibility index (Phi) is 3.89. The summed E-state index contributed by atoms with van der Waals surface area (Å²) in [5.74, 6) is 7.05. The minimum Gasteiger partial charge on any atom is -0.497 e. The lowest BCUT2D eigenvalue weighted by molar-refractivity contribution is 0.112. The number of hydrogen-bond donors (Lipinski definition) is 0. The molecule has 2 nitrogen and oxygen atoms in total. The predicted molar refractivity (Wildman–Crippen MR) is 88.3 cm³/mol. The third-order valence-electron chi connectivity index (χ3n) is 3.51. The van der Waals surface area contributed by atoms with E-state index in [2.05, 4.69) is 11.8 Å². The molecule has 0 amide bonds. The summed E-state index contributed by atoms with van der Waals surface area (Å²) in [4.78, 5) is 11.3. The van der Waals surface area contributed by atoms with E-state index in [1.807, 2.05) is 60.7 Å². The van der Waals surface area contributed by atoms with Gasteiger partial charge < -0.3 is 4.74 Å². The van der Waals surface area contributed by atoms with E-state index in [9.17, 15) is 4.79 Å². The first-order valence-electron chi connectivity index (χ1n) is 6.95. The standard InChI is InChI=1S/C20H14O2/c1-22-18-11-6-15(7-12-18)8-13-20-17(14-21)10-9-16-4-2-3-5-19(16)20/h2-7,9-12,14H,1H3. The molecule has 2 heteroatoms. The fourth-order valence-electron chi connectivity index (χ4n) is 2.34. The van der Waals surface area contributed by atoms with Gasteiger partial charge in [0.05, 0.1) is 7.11 Å². The van der Waals surface area contributed by atoms with Crippen LogP contribution in [-0.2, 0) is 0 Å². The third kappa shape index (κ3) is 2.70. The van der Waals surface area contributed by atoms with Crippen LogP contribution in [0.2, 0.25) is 0 Å². The molecule has 0 aliphatic rings. The average molecular weight is 286 g/mol. The molecule has 0 bridgehead atoms. The Bertz CT molecular complexity index is 881. The highest BCUT2D eigenvalue weighted by atomic mass is 16.5. The number of methoxy groups -OCH3 is 1. The van der Waals surface area contributed by atoms with Crippen LogP contribution >= 0.6 is 0 Å². The maximum atomic E-state index is 11.3. The molecular formula is C20H14O2. The molecule has 0 aliphatic heterocycles. The van der Waals surface area contributed by atoms with E-state index in [0.29, 0.717) is 5.56 Å². The normalized spacial score (nSPS) is 9.86. The molecule has 0 N–H and O–H groups in total. The summed E-state index contributed by atoms with van der Waals surface area (Å²) < 4.78 is 5.13. The zero-order chi connectivity index (χ0) is 15.4. The van der Waals surface area contributed by atoms with Crippen LogP contribution in [0.4, 0.5) is 0 Å². The second-order valence-corrected chi connectivity index (χ2v) is 4.85. The molecule has 0 spiro atoms. The molecule has 22 heavy (non-hydrogen) atoms. The Morgan fingerprint density at radius 2 is 1.68 bits per heavy atom. The number of carbonyl (C=O) groups excluding carboxylic acids is 1. The predicted octanol–water partition coefficient (Wildman–Crippen LogP) is 4.06. The first-order chi connectivity index (χ1) is 10.8. The van der Waals surface area contributed by atoms with Gasteiger partial charge in [-0.25, -0.2) is 0 Å². The maximum absolute atomic E-state index is 11.3. The fraction of sp³-hybridized carbons (Fsp3) is 0.0500. The van der Waals surface area contributed by atoms with E-state index in [4.69, 9.17) is 4.74 Å². The Labute approximate surface area is 129 Å². The second-order valence-electron chi connectivity index (χ2n) is 4.85. The van der Waals surface area contributed by atoms with Crippen molar-refractivity contribution >= 4 is 17.1 Å². The zero-order valence-electron chi connectivity index (χ0n) is 12.2. The van der Waals surface area contributed by atoms with Crippen molar-refractivity contribution in [1.29, 1.82) is 0 Å². The van der Waals surface area contributed by atoms with Crippen LogP contribution < -0.4 is 4.74 Å². The van der Waals surface area contributed by atoms with Crippen LogP contribution in [0.3, 0.4) is 0 Å². The molecule has 0 saturated carbocycles. The Morgan fingerprint density at radius 3 is 2.41 bits per heavy atom. The van der Waals surface area contributed by atoms with E-state index in [1.165, 1.54) is 0 Å². The first kappa shape index (κ1) is 13.9. The van der Waals surface area contributed by atoms with Crippen LogP contribution in [0.15, 0.2) is 60.7 Å². The lowest BCUT2D eigenvalue weighted by Gasteiger charge is -2.03. The van der Waals surface area contributed by atoms with Gasteiger partial charge in [-0.2, -0.15) is 0 Å². The summed E-state index contributed by atoms with van der Waals surface area (Å²) in [6.45, 7) is 0. The number of carbonyl (C=O) groups is 1. The molecule has 3 rings (SSSR count). The van der Waals surface area contributed by atoms with Gasteiger partial charge in [0.15, 0.2) is 6.29 Å². The van der Waals surface area contributed by atoms with Crippen molar-refractivity contribution in [3.63, 3.8) is 0 Å². The van der Waals surface area contributed by atoms with Gasteiger partial charge >= 0.3 is 0 Å². The number of fused-ring (bicyclic) bond motifs is 1. The highest BCUT2D eigenvalue weighted by Crippen LogP contribution is 2.21. The Morgan fingerprint density at radius 1 is 0.909 bits per heavy atom. The fourth-order valence-corrected chi connectivity index (χ4v) is 2.34. The van der Waals surface area contributed by atoms with Crippen LogP contribution in [-0.4, -0.2) is 13.4 Å². The molecule has 106 valence electrons. The molecule has 0 aliphatic carbocycles. The van der Waals surface area contributed by atoms with Gasteiger partial charge in [0, 0.05) is 16.7 Å². The molecule has 3 aromatic rings. The summed E-state index contributed by atoms with van der Waals surface area (Å²) in [6, 6.07) is 19.2.